The second-order valence-corrected chi connectivity index (χ2v) is 4.06. The molecule has 2 rings (SSSR count). The van der Waals surface area contributed by atoms with Crippen molar-refractivity contribution in [1.29, 1.82) is 0 Å². The summed E-state index contributed by atoms with van der Waals surface area (Å²) in [6, 6.07) is 14.1. The molecule has 2 aromatic rings. The van der Waals surface area contributed by atoms with Crippen LogP contribution in [0.4, 0.5) is 4.39 Å². The molecule has 1 atom stereocenters. The Bertz CT molecular complexity index is 511. The third kappa shape index (κ3) is 2.68. The highest BCUT2D eigenvalue weighted by atomic mass is 19.1. The summed E-state index contributed by atoms with van der Waals surface area (Å²) in [6.07, 6.45) is -0.270. The van der Waals surface area contributed by atoms with Gasteiger partial charge in [0.1, 0.15) is 6.10 Å². The van der Waals surface area contributed by atoms with Gasteiger partial charge < -0.3 is 9.84 Å². The minimum absolute atomic E-state index is 0.122. The van der Waals surface area contributed by atoms with E-state index in [2.05, 4.69) is 0 Å². The van der Waals surface area contributed by atoms with Crippen LogP contribution in [0.25, 0.3) is 0 Å². The molecule has 0 bridgehead atoms. The number of para-hydroxylation sites is 1. The fourth-order valence-electron chi connectivity index (χ4n) is 1.78. The molecule has 0 aliphatic carbocycles. The van der Waals surface area contributed by atoms with Gasteiger partial charge in [0.15, 0.2) is 11.6 Å². The van der Waals surface area contributed by atoms with Crippen molar-refractivity contribution in [2.75, 3.05) is 0 Å². The fraction of sp³-hybridized carbons (Fsp3) is 0.200. The van der Waals surface area contributed by atoms with E-state index in [0.29, 0.717) is 5.56 Å². The Hall–Kier alpha value is -1.87. The fourth-order valence-corrected chi connectivity index (χ4v) is 1.78. The maximum absolute atomic E-state index is 13.7. The molecule has 0 aliphatic rings. The first-order valence-corrected chi connectivity index (χ1v) is 5.82. The lowest BCUT2D eigenvalue weighted by molar-refractivity contribution is 0.203. The van der Waals surface area contributed by atoms with Crippen molar-refractivity contribution in [1.82, 2.24) is 0 Å². The third-order valence-corrected chi connectivity index (χ3v) is 2.78. The van der Waals surface area contributed by atoms with E-state index in [0.717, 1.165) is 5.56 Å². The molecule has 0 radical (unpaired) electrons. The Morgan fingerprint density at radius 2 is 1.83 bits per heavy atom. The number of benzene rings is 2. The molecule has 0 aromatic heterocycles. The van der Waals surface area contributed by atoms with Crippen molar-refractivity contribution in [3.63, 3.8) is 0 Å². The molecule has 1 N–H and O–H groups in total. The van der Waals surface area contributed by atoms with E-state index in [1.54, 1.807) is 12.1 Å². The summed E-state index contributed by atoms with van der Waals surface area (Å²) in [7, 11) is 0. The largest absolute Gasteiger partial charge is 0.483 e. The van der Waals surface area contributed by atoms with E-state index in [1.165, 1.54) is 6.07 Å². The van der Waals surface area contributed by atoms with Crippen molar-refractivity contribution in [3.05, 3.63) is 65.5 Å². The Balaban J connectivity index is 2.24. The van der Waals surface area contributed by atoms with Crippen LogP contribution in [0.15, 0.2) is 48.5 Å². The van der Waals surface area contributed by atoms with Crippen molar-refractivity contribution in [3.8, 4) is 5.75 Å². The lowest BCUT2D eigenvalue weighted by Gasteiger charge is -2.17. The van der Waals surface area contributed by atoms with Crippen molar-refractivity contribution >= 4 is 0 Å². The summed E-state index contributed by atoms with van der Waals surface area (Å²) >= 11 is 0. The smallest absolute Gasteiger partial charge is 0.165 e. The highest BCUT2D eigenvalue weighted by Gasteiger charge is 2.13. The normalized spacial score (nSPS) is 12.2. The standard InChI is InChI=1S/C15H15FO2/c1-11(12-6-3-2-4-7-12)18-15-13(10-17)8-5-9-14(15)16/h2-9,11,17H,10H2,1H3. The number of aliphatic hydroxyl groups is 1. The minimum Gasteiger partial charge on any atom is -0.483 e. The average Bonchev–Trinajstić information content (AvgIpc) is 2.42. The van der Waals surface area contributed by atoms with Crippen molar-refractivity contribution in [2.45, 2.75) is 19.6 Å². The molecule has 94 valence electrons. The molecular weight excluding hydrogens is 231 g/mol. The molecule has 3 heteroatoms. The molecule has 2 nitrogen and oxygen atoms in total. The summed E-state index contributed by atoms with van der Waals surface area (Å²) in [5.74, 6) is -0.333. The highest BCUT2D eigenvalue weighted by molar-refractivity contribution is 5.35. The highest BCUT2D eigenvalue weighted by Crippen LogP contribution is 2.28. The first-order chi connectivity index (χ1) is 8.72. The number of aliphatic hydroxyl groups excluding tert-OH is 1. The predicted octanol–water partition coefficient (Wildman–Crippen LogP) is 3.46. The van der Waals surface area contributed by atoms with Crippen molar-refractivity contribution < 1.29 is 14.2 Å². The number of ether oxygens (including phenoxy) is 1. The number of hydrogen-bond acceptors (Lipinski definition) is 2. The predicted molar refractivity (Wildman–Crippen MR) is 67.8 cm³/mol. The Morgan fingerprint density at radius 3 is 2.50 bits per heavy atom. The van der Waals surface area contributed by atoms with E-state index < -0.39 is 5.82 Å². The van der Waals surface area contributed by atoms with Gasteiger partial charge in [-0.2, -0.15) is 0 Å². The van der Waals surface area contributed by atoms with Crippen LogP contribution in [0.5, 0.6) is 5.75 Å². The van der Waals surface area contributed by atoms with Gasteiger partial charge in [-0.1, -0.05) is 42.5 Å². The zero-order valence-electron chi connectivity index (χ0n) is 10.1. The third-order valence-electron chi connectivity index (χ3n) is 2.78. The van der Waals surface area contributed by atoms with Crippen LogP contribution in [0.1, 0.15) is 24.2 Å². The number of halogens is 1. The van der Waals surface area contributed by atoms with Gasteiger partial charge in [0.05, 0.1) is 6.61 Å². The van der Waals surface area contributed by atoms with Crippen LogP contribution in [0.2, 0.25) is 0 Å². The Morgan fingerprint density at radius 1 is 1.11 bits per heavy atom. The van der Waals surface area contributed by atoms with Gasteiger partial charge in [-0.15, -0.1) is 0 Å². The quantitative estimate of drug-likeness (QED) is 0.895. The lowest BCUT2D eigenvalue weighted by Crippen LogP contribution is -2.06. The van der Waals surface area contributed by atoms with Gasteiger partial charge >= 0.3 is 0 Å². The summed E-state index contributed by atoms with van der Waals surface area (Å²) < 4.78 is 19.3. The van der Waals surface area contributed by atoms with E-state index >= 15 is 0 Å². The average molecular weight is 246 g/mol. The SMILES string of the molecule is CC(Oc1c(F)cccc1CO)c1ccccc1. The van der Waals surface area contributed by atoms with E-state index in [9.17, 15) is 9.50 Å². The molecule has 0 spiro atoms. The first kappa shape index (κ1) is 12.6. The van der Waals surface area contributed by atoms with Crippen LogP contribution in [0.3, 0.4) is 0 Å². The second kappa shape index (κ2) is 5.65. The Labute approximate surface area is 106 Å². The minimum atomic E-state index is -0.454. The zero-order chi connectivity index (χ0) is 13.0. The summed E-state index contributed by atoms with van der Waals surface area (Å²) in [5, 5.41) is 9.18. The monoisotopic (exact) mass is 246 g/mol. The molecule has 0 aliphatic heterocycles. The molecule has 0 saturated heterocycles. The van der Waals surface area contributed by atoms with Crippen LogP contribution in [0, 0.1) is 5.82 Å². The van der Waals surface area contributed by atoms with Crippen molar-refractivity contribution in [2.24, 2.45) is 0 Å². The maximum Gasteiger partial charge on any atom is 0.165 e. The molecule has 18 heavy (non-hydrogen) atoms. The van der Waals surface area contributed by atoms with E-state index in [-0.39, 0.29) is 18.5 Å². The van der Waals surface area contributed by atoms with Gasteiger partial charge in [-0.05, 0) is 18.6 Å². The number of rotatable bonds is 4. The van der Waals surface area contributed by atoms with Gasteiger partial charge in [0, 0.05) is 5.56 Å². The van der Waals surface area contributed by atoms with Gasteiger partial charge in [0.2, 0.25) is 0 Å². The number of hydrogen-bond donors (Lipinski definition) is 1. The van der Waals surface area contributed by atoms with Gasteiger partial charge in [-0.3, -0.25) is 0 Å². The second-order valence-electron chi connectivity index (χ2n) is 4.06. The summed E-state index contributed by atoms with van der Waals surface area (Å²) in [6.45, 7) is 1.61. The molecule has 0 saturated carbocycles. The van der Waals surface area contributed by atoms with E-state index in [1.807, 2.05) is 37.3 Å². The maximum atomic E-state index is 13.7. The molecule has 0 fully saturated rings. The summed E-state index contributed by atoms with van der Waals surface area (Å²) in [4.78, 5) is 0. The lowest BCUT2D eigenvalue weighted by atomic mass is 10.1. The van der Waals surface area contributed by atoms with Crippen LogP contribution >= 0.6 is 0 Å². The molecule has 2 aromatic carbocycles. The molecule has 0 amide bonds. The summed E-state index contributed by atoms with van der Waals surface area (Å²) in [5.41, 5.74) is 1.42. The molecule has 1 unspecified atom stereocenters. The molecular formula is C15H15FO2. The topological polar surface area (TPSA) is 29.5 Å². The van der Waals surface area contributed by atoms with Gasteiger partial charge in [-0.25, -0.2) is 4.39 Å². The Kier molecular flexibility index (Phi) is 3.95. The van der Waals surface area contributed by atoms with E-state index in [4.69, 9.17) is 4.74 Å². The van der Waals surface area contributed by atoms with Crippen LogP contribution in [-0.4, -0.2) is 5.11 Å². The first-order valence-electron chi connectivity index (χ1n) is 5.82. The zero-order valence-corrected chi connectivity index (χ0v) is 10.1. The van der Waals surface area contributed by atoms with Crippen LogP contribution < -0.4 is 4.74 Å². The van der Waals surface area contributed by atoms with Crippen LogP contribution in [-0.2, 0) is 6.61 Å². The molecule has 0 heterocycles. The van der Waals surface area contributed by atoms with Gasteiger partial charge in [0.25, 0.3) is 0 Å².